The first-order valence-corrected chi connectivity index (χ1v) is 5.95. The number of hydrogen-bond acceptors (Lipinski definition) is 4. The zero-order valence-corrected chi connectivity index (χ0v) is 10.4. The minimum atomic E-state index is -1.32. The van der Waals surface area contributed by atoms with Crippen LogP contribution in [0.3, 0.4) is 0 Å². The number of carbonyl (C=O) groups is 2. The Morgan fingerprint density at radius 3 is 2.39 bits per heavy atom. The van der Waals surface area contributed by atoms with Gasteiger partial charge in [0.25, 0.3) is 0 Å². The highest BCUT2D eigenvalue weighted by molar-refractivity contribution is 5.82. The molecule has 7 nitrogen and oxygen atoms in total. The maximum absolute atomic E-state index is 11.7. The van der Waals surface area contributed by atoms with Crippen LogP contribution < -0.4 is 5.32 Å². The molecular weight excluding hydrogens is 240 g/mol. The van der Waals surface area contributed by atoms with Gasteiger partial charge in [-0.25, -0.2) is 9.59 Å². The van der Waals surface area contributed by atoms with E-state index in [0.717, 1.165) is 12.8 Å². The summed E-state index contributed by atoms with van der Waals surface area (Å²) in [6.45, 7) is -0.504. The first-order chi connectivity index (χ1) is 8.38. The number of rotatable bonds is 5. The van der Waals surface area contributed by atoms with Crippen LogP contribution in [0.4, 0.5) is 4.79 Å². The van der Waals surface area contributed by atoms with Gasteiger partial charge in [0.1, 0.15) is 0 Å². The van der Waals surface area contributed by atoms with E-state index < -0.39 is 30.3 Å². The second-order valence-electron chi connectivity index (χ2n) is 4.81. The van der Waals surface area contributed by atoms with Crippen LogP contribution in [0.2, 0.25) is 0 Å². The van der Waals surface area contributed by atoms with E-state index in [-0.39, 0.29) is 6.54 Å². The SMILES string of the molecule is CN(CC1(O)CCCC1)C(=O)NC(CO)C(=O)O. The van der Waals surface area contributed by atoms with Crippen molar-refractivity contribution in [2.24, 2.45) is 0 Å². The zero-order chi connectivity index (χ0) is 13.8. The van der Waals surface area contributed by atoms with Crippen molar-refractivity contribution in [2.45, 2.75) is 37.3 Å². The molecule has 0 heterocycles. The minimum absolute atomic E-state index is 0.163. The third-order valence-corrected chi connectivity index (χ3v) is 3.19. The summed E-state index contributed by atoms with van der Waals surface area (Å²) >= 11 is 0. The number of hydrogen-bond donors (Lipinski definition) is 4. The summed E-state index contributed by atoms with van der Waals surface area (Å²) in [4.78, 5) is 23.6. The van der Waals surface area contributed by atoms with Crippen molar-refractivity contribution in [1.29, 1.82) is 0 Å². The van der Waals surface area contributed by atoms with Crippen molar-refractivity contribution in [3.63, 3.8) is 0 Å². The predicted molar refractivity (Wildman–Crippen MR) is 63.1 cm³/mol. The molecule has 1 saturated carbocycles. The van der Waals surface area contributed by atoms with Crippen LogP contribution in [0.15, 0.2) is 0 Å². The molecular formula is C11H20N2O5. The Morgan fingerprint density at radius 2 is 1.94 bits per heavy atom. The van der Waals surface area contributed by atoms with Gasteiger partial charge in [-0.05, 0) is 12.8 Å². The highest BCUT2D eigenvalue weighted by atomic mass is 16.4. The summed E-state index contributed by atoms with van der Waals surface area (Å²) in [7, 11) is 1.49. The largest absolute Gasteiger partial charge is 0.480 e. The summed E-state index contributed by atoms with van der Waals surface area (Å²) < 4.78 is 0. The van der Waals surface area contributed by atoms with Gasteiger partial charge in [-0.1, -0.05) is 12.8 Å². The Labute approximate surface area is 105 Å². The topological polar surface area (TPSA) is 110 Å². The van der Waals surface area contributed by atoms with Crippen LogP contribution in [0.25, 0.3) is 0 Å². The third kappa shape index (κ3) is 3.85. The van der Waals surface area contributed by atoms with Gasteiger partial charge in [0.05, 0.1) is 18.8 Å². The predicted octanol–water partition coefficient (Wildman–Crippen LogP) is -0.622. The van der Waals surface area contributed by atoms with Crippen LogP contribution in [-0.4, -0.2) is 64.1 Å². The number of likely N-dealkylation sites (N-methyl/N-ethyl adjacent to an activating group) is 1. The molecule has 0 aromatic rings. The number of aliphatic hydroxyl groups is 2. The summed E-state index contributed by atoms with van der Waals surface area (Å²) in [6.07, 6.45) is 3.15. The summed E-state index contributed by atoms with van der Waals surface area (Å²) in [5.74, 6) is -1.29. The Morgan fingerprint density at radius 1 is 1.39 bits per heavy atom. The molecule has 1 fully saturated rings. The number of urea groups is 1. The molecule has 7 heteroatoms. The molecule has 1 aliphatic rings. The average Bonchev–Trinajstić information content (AvgIpc) is 2.71. The Bertz CT molecular complexity index is 315. The summed E-state index contributed by atoms with van der Waals surface area (Å²) in [5, 5.41) is 29.8. The molecule has 0 spiro atoms. The monoisotopic (exact) mass is 260 g/mol. The first-order valence-electron chi connectivity index (χ1n) is 5.95. The fourth-order valence-corrected chi connectivity index (χ4v) is 2.15. The van der Waals surface area contributed by atoms with Gasteiger partial charge < -0.3 is 25.5 Å². The van der Waals surface area contributed by atoms with Crippen molar-refractivity contribution in [3.8, 4) is 0 Å². The van der Waals surface area contributed by atoms with E-state index in [4.69, 9.17) is 10.2 Å². The van der Waals surface area contributed by atoms with Crippen molar-refractivity contribution in [1.82, 2.24) is 10.2 Å². The molecule has 4 N–H and O–H groups in total. The van der Waals surface area contributed by atoms with Crippen LogP contribution in [0, 0.1) is 0 Å². The summed E-state index contributed by atoms with van der Waals surface area (Å²) in [5.41, 5.74) is -0.871. The lowest BCUT2D eigenvalue weighted by Crippen LogP contribution is -2.51. The van der Waals surface area contributed by atoms with E-state index in [2.05, 4.69) is 5.32 Å². The van der Waals surface area contributed by atoms with E-state index in [0.29, 0.717) is 12.8 Å². The van der Waals surface area contributed by atoms with Gasteiger partial charge in [-0.3, -0.25) is 0 Å². The van der Waals surface area contributed by atoms with Crippen LogP contribution >= 0.6 is 0 Å². The number of carboxylic acids is 1. The van der Waals surface area contributed by atoms with Gasteiger partial charge in [0.15, 0.2) is 6.04 Å². The van der Waals surface area contributed by atoms with E-state index in [1.807, 2.05) is 0 Å². The Kier molecular flexibility index (Phi) is 4.92. The maximum Gasteiger partial charge on any atom is 0.328 e. The lowest BCUT2D eigenvalue weighted by Gasteiger charge is -2.29. The van der Waals surface area contributed by atoms with Gasteiger partial charge in [-0.15, -0.1) is 0 Å². The molecule has 0 radical (unpaired) electrons. The normalized spacial score (nSPS) is 19.3. The van der Waals surface area contributed by atoms with E-state index >= 15 is 0 Å². The van der Waals surface area contributed by atoms with Crippen molar-refractivity contribution in [2.75, 3.05) is 20.2 Å². The highest BCUT2D eigenvalue weighted by Gasteiger charge is 2.34. The standard InChI is InChI=1S/C11H20N2O5/c1-13(7-11(18)4-2-3-5-11)10(17)12-8(6-14)9(15)16/h8,14,18H,2-7H2,1H3,(H,12,17)(H,15,16). The molecule has 0 aromatic carbocycles. The molecule has 2 amide bonds. The minimum Gasteiger partial charge on any atom is -0.480 e. The fraction of sp³-hybridized carbons (Fsp3) is 0.818. The van der Waals surface area contributed by atoms with Crippen molar-refractivity contribution >= 4 is 12.0 Å². The van der Waals surface area contributed by atoms with Gasteiger partial charge >= 0.3 is 12.0 Å². The molecule has 0 bridgehead atoms. The average molecular weight is 260 g/mol. The lowest BCUT2D eigenvalue weighted by molar-refractivity contribution is -0.140. The Balaban J connectivity index is 2.48. The van der Waals surface area contributed by atoms with E-state index in [1.54, 1.807) is 0 Å². The van der Waals surface area contributed by atoms with Crippen LogP contribution in [0.1, 0.15) is 25.7 Å². The second-order valence-corrected chi connectivity index (χ2v) is 4.81. The zero-order valence-electron chi connectivity index (χ0n) is 10.4. The van der Waals surface area contributed by atoms with Crippen molar-refractivity contribution in [3.05, 3.63) is 0 Å². The molecule has 1 aliphatic carbocycles. The molecule has 104 valence electrons. The molecule has 0 aromatic heterocycles. The molecule has 1 rings (SSSR count). The fourth-order valence-electron chi connectivity index (χ4n) is 2.15. The molecule has 1 unspecified atom stereocenters. The summed E-state index contributed by atoms with van der Waals surface area (Å²) in [6, 6.07) is -1.94. The van der Waals surface area contributed by atoms with Gasteiger partial charge in [0.2, 0.25) is 0 Å². The number of aliphatic carboxylic acids is 1. The highest BCUT2D eigenvalue weighted by Crippen LogP contribution is 2.29. The molecule has 1 atom stereocenters. The second kappa shape index (κ2) is 6.01. The molecule has 0 saturated heterocycles. The lowest BCUT2D eigenvalue weighted by atomic mass is 10.0. The van der Waals surface area contributed by atoms with E-state index in [1.165, 1.54) is 11.9 Å². The Hall–Kier alpha value is -1.34. The number of aliphatic hydroxyl groups excluding tert-OH is 1. The first kappa shape index (κ1) is 14.7. The number of carbonyl (C=O) groups excluding carboxylic acids is 1. The molecule has 18 heavy (non-hydrogen) atoms. The quantitative estimate of drug-likeness (QED) is 0.526. The number of nitrogens with zero attached hydrogens (tertiary/aromatic N) is 1. The van der Waals surface area contributed by atoms with Gasteiger partial charge in [-0.2, -0.15) is 0 Å². The third-order valence-electron chi connectivity index (χ3n) is 3.19. The molecule has 0 aliphatic heterocycles. The number of amides is 2. The van der Waals surface area contributed by atoms with Crippen LogP contribution in [0.5, 0.6) is 0 Å². The smallest absolute Gasteiger partial charge is 0.328 e. The van der Waals surface area contributed by atoms with Crippen molar-refractivity contribution < 1.29 is 24.9 Å². The van der Waals surface area contributed by atoms with Gasteiger partial charge in [0, 0.05) is 7.05 Å². The number of carboxylic acid groups (broad SMARTS) is 1. The maximum atomic E-state index is 11.7. The number of nitrogens with one attached hydrogen (secondary N) is 1. The van der Waals surface area contributed by atoms with E-state index in [9.17, 15) is 14.7 Å². The van der Waals surface area contributed by atoms with Crippen LogP contribution in [-0.2, 0) is 4.79 Å².